The van der Waals surface area contributed by atoms with Crippen molar-refractivity contribution in [3.63, 3.8) is 0 Å². The number of aryl methyl sites for hydroxylation is 1. The fraction of sp³-hybridized carbons (Fsp3) is 0.333. The van der Waals surface area contributed by atoms with Gasteiger partial charge in [-0.05, 0) is 19.1 Å². The standard InChI is InChI=1S/C12H13N3O2S2/c1-3-5-15-10-9(19-12(15)18)11(17)14(7-13-10)6-4-8(2)16/h3,7H,1,4-6H2,2H3. The topological polar surface area (TPSA) is 56.9 Å². The molecular weight excluding hydrogens is 282 g/mol. The van der Waals surface area contributed by atoms with Gasteiger partial charge in [-0.15, -0.1) is 6.58 Å². The maximum atomic E-state index is 12.2. The number of thiazole rings is 1. The summed E-state index contributed by atoms with van der Waals surface area (Å²) >= 11 is 6.46. The zero-order valence-corrected chi connectivity index (χ0v) is 12.1. The first-order valence-electron chi connectivity index (χ1n) is 5.73. The summed E-state index contributed by atoms with van der Waals surface area (Å²) in [5.41, 5.74) is 0.434. The quantitative estimate of drug-likeness (QED) is 0.626. The molecule has 0 aliphatic rings. The normalized spacial score (nSPS) is 10.8. The highest BCUT2D eigenvalue weighted by Gasteiger charge is 2.11. The van der Waals surface area contributed by atoms with Gasteiger partial charge in [-0.2, -0.15) is 0 Å². The predicted octanol–water partition coefficient (Wildman–Crippen LogP) is 2.15. The second-order valence-corrected chi connectivity index (χ2v) is 5.76. The molecule has 7 heteroatoms. The Hall–Kier alpha value is -1.60. The van der Waals surface area contributed by atoms with Crippen molar-refractivity contribution in [2.45, 2.75) is 26.4 Å². The lowest BCUT2D eigenvalue weighted by molar-refractivity contribution is -0.117. The number of nitrogens with zero attached hydrogens (tertiary/aromatic N) is 3. The van der Waals surface area contributed by atoms with E-state index in [-0.39, 0.29) is 11.3 Å². The molecule has 2 aromatic heterocycles. The molecule has 0 aliphatic heterocycles. The van der Waals surface area contributed by atoms with E-state index >= 15 is 0 Å². The van der Waals surface area contributed by atoms with Crippen LogP contribution in [0, 0.1) is 3.95 Å². The minimum absolute atomic E-state index is 0.0452. The van der Waals surface area contributed by atoms with Crippen molar-refractivity contribution >= 4 is 39.7 Å². The maximum absolute atomic E-state index is 12.2. The molecule has 0 radical (unpaired) electrons. The third kappa shape index (κ3) is 2.71. The number of hydrogen-bond acceptors (Lipinski definition) is 5. The first-order valence-corrected chi connectivity index (χ1v) is 6.96. The van der Waals surface area contributed by atoms with E-state index in [0.29, 0.717) is 33.8 Å². The van der Waals surface area contributed by atoms with E-state index in [1.807, 2.05) is 0 Å². The molecule has 2 rings (SSSR count). The van der Waals surface area contributed by atoms with Gasteiger partial charge in [0, 0.05) is 19.5 Å². The summed E-state index contributed by atoms with van der Waals surface area (Å²) in [6, 6.07) is 0. The van der Waals surface area contributed by atoms with E-state index in [1.165, 1.54) is 29.2 Å². The van der Waals surface area contributed by atoms with Crippen LogP contribution in [0.3, 0.4) is 0 Å². The molecule has 100 valence electrons. The van der Waals surface area contributed by atoms with Gasteiger partial charge in [0.2, 0.25) is 0 Å². The van der Waals surface area contributed by atoms with Gasteiger partial charge in [-0.3, -0.25) is 14.2 Å². The summed E-state index contributed by atoms with van der Waals surface area (Å²) in [6.45, 7) is 6.04. The second kappa shape index (κ2) is 5.58. The van der Waals surface area contributed by atoms with Gasteiger partial charge in [0.05, 0.1) is 6.33 Å². The summed E-state index contributed by atoms with van der Waals surface area (Å²) < 4.78 is 4.36. The van der Waals surface area contributed by atoms with Crippen LogP contribution in [-0.2, 0) is 17.9 Å². The molecule has 0 atom stereocenters. The summed E-state index contributed by atoms with van der Waals surface area (Å²) in [7, 11) is 0. The van der Waals surface area contributed by atoms with Gasteiger partial charge >= 0.3 is 0 Å². The number of rotatable bonds is 5. The van der Waals surface area contributed by atoms with Crippen molar-refractivity contribution in [2.75, 3.05) is 0 Å². The molecule has 0 aromatic carbocycles. The molecule has 2 aromatic rings. The fourth-order valence-electron chi connectivity index (χ4n) is 1.70. The number of fused-ring (bicyclic) bond motifs is 1. The zero-order chi connectivity index (χ0) is 14.0. The first kappa shape index (κ1) is 13.8. The lowest BCUT2D eigenvalue weighted by atomic mass is 10.3. The summed E-state index contributed by atoms with van der Waals surface area (Å²) in [5, 5.41) is 0. The Bertz CT molecular complexity index is 754. The Labute approximate surface area is 118 Å². The highest BCUT2D eigenvalue weighted by molar-refractivity contribution is 7.73. The Morgan fingerprint density at radius 2 is 2.37 bits per heavy atom. The highest BCUT2D eigenvalue weighted by atomic mass is 32.1. The largest absolute Gasteiger partial charge is 0.304 e. The molecule has 19 heavy (non-hydrogen) atoms. The van der Waals surface area contributed by atoms with Crippen LogP contribution in [0.25, 0.3) is 10.3 Å². The van der Waals surface area contributed by atoms with Gasteiger partial charge in [0.1, 0.15) is 10.5 Å². The monoisotopic (exact) mass is 295 g/mol. The number of carbonyl (C=O) groups excluding carboxylic acids is 1. The Morgan fingerprint density at radius 3 is 3.00 bits per heavy atom. The van der Waals surface area contributed by atoms with Gasteiger partial charge in [0.25, 0.3) is 5.56 Å². The van der Waals surface area contributed by atoms with E-state index < -0.39 is 0 Å². The van der Waals surface area contributed by atoms with Crippen molar-refractivity contribution in [3.05, 3.63) is 33.3 Å². The minimum Gasteiger partial charge on any atom is -0.304 e. The van der Waals surface area contributed by atoms with E-state index in [1.54, 1.807) is 10.6 Å². The number of carbonyl (C=O) groups is 1. The van der Waals surface area contributed by atoms with Crippen molar-refractivity contribution < 1.29 is 4.79 Å². The summed E-state index contributed by atoms with van der Waals surface area (Å²) in [4.78, 5) is 27.5. The molecule has 0 amide bonds. The van der Waals surface area contributed by atoms with Crippen LogP contribution < -0.4 is 5.56 Å². The Kier molecular flexibility index (Phi) is 4.06. The number of allylic oxidation sites excluding steroid dienone is 1. The van der Waals surface area contributed by atoms with Gasteiger partial charge < -0.3 is 4.57 Å². The van der Waals surface area contributed by atoms with Crippen LogP contribution in [0.15, 0.2) is 23.8 Å². The molecule has 0 fully saturated rings. The average molecular weight is 295 g/mol. The van der Waals surface area contributed by atoms with E-state index in [2.05, 4.69) is 11.6 Å². The Balaban J connectivity index is 2.54. The van der Waals surface area contributed by atoms with E-state index in [4.69, 9.17) is 12.2 Å². The lowest BCUT2D eigenvalue weighted by Crippen LogP contribution is -2.21. The highest BCUT2D eigenvalue weighted by Crippen LogP contribution is 2.17. The van der Waals surface area contributed by atoms with Crippen LogP contribution in [-0.4, -0.2) is 19.9 Å². The van der Waals surface area contributed by atoms with Gasteiger partial charge in [-0.25, -0.2) is 4.98 Å². The lowest BCUT2D eigenvalue weighted by Gasteiger charge is -2.04. The van der Waals surface area contributed by atoms with Crippen molar-refractivity contribution in [1.82, 2.24) is 14.1 Å². The smallest absolute Gasteiger partial charge is 0.272 e. The second-order valence-electron chi connectivity index (χ2n) is 4.12. The molecule has 0 saturated heterocycles. The van der Waals surface area contributed by atoms with Crippen LogP contribution in [0.5, 0.6) is 0 Å². The maximum Gasteiger partial charge on any atom is 0.272 e. The number of Topliss-reactive ketones (excluding diaryl/α,β-unsaturated/α-hetero) is 1. The van der Waals surface area contributed by atoms with Crippen molar-refractivity contribution in [1.29, 1.82) is 0 Å². The van der Waals surface area contributed by atoms with Gasteiger partial charge in [-0.1, -0.05) is 17.4 Å². The molecule has 0 unspecified atom stereocenters. The van der Waals surface area contributed by atoms with Crippen LogP contribution in [0.4, 0.5) is 0 Å². The number of aromatic nitrogens is 3. The SMILES string of the molecule is C=CCn1c(=S)sc2c(=O)n(CCC(C)=O)cnc21. The third-order valence-corrected chi connectivity index (χ3v) is 4.09. The molecule has 5 nitrogen and oxygen atoms in total. The molecule has 0 saturated carbocycles. The fourth-order valence-corrected chi connectivity index (χ4v) is 3.01. The van der Waals surface area contributed by atoms with Crippen LogP contribution >= 0.6 is 23.6 Å². The van der Waals surface area contributed by atoms with E-state index in [0.717, 1.165) is 0 Å². The Morgan fingerprint density at radius 1 is 1.63 bits per heavy atom. The van der Waals surface area contributed by atoms with Crippen molar-refractivity contribution in [3.8, 4) is 0 Å². The van der Waals surface area contributed by atoms with Gasteiger partial charge in [0.15, 0.2) is 9.60 Å². The summed E-state index contributed by atoms with van der Waals surface area (Å²) in [6.07, 6.45) is 3.51. The molecule has 2 heterocycles. The van der Waals surface area contributed by atoms with Crippen molar-refractivity contribution in [2.24, 2.45) is 0 Å². The zero-order valence-electron chi connectivity index (χ0n) is 10.5. The molecular formula is C12H13N3O2S2. The minimum atomic E-state index is -0.148. The van der Waals surface area contributed by atoms with E-state index in [9.17, 15) is 9.59 Å². The first-order chi connectivity index (χ1) is 9.04. The third-order valence-electron chi connectivity index (χ3n) is 2.66. The number of ketones is 1. The molecule has 0 bridgehead atoms. The molecule has 0 N–H and O–H groups in total. The average Bonchev–Trinajstić information content (AvgIpc) is 2.67. The number of hydrogen-bond donors (Lipinski definition) is 0. The molecule has 0 aliphatic carbocycles. The van der Waals surface area contributed by atoms with Crippen LogP contribution in [0.1, 0.15) is 13.3 Å². The van der Waals surface area contributed by atoms with Crippen LogP contribution in [0.2, 0.25) is 0 Å². The predicted molar refractivity (Wildman–Crippen MR) is 78.2 cm³/mol. The summed E-state index contributed by atoms with van der Waals surface area (Å²) in [5.74, 6) is 0.0452. The molecule has 0 spiro atoms.